The summed E-state index contributed by atoms with van der Waals surface area (Å²) >= 11 is 0. The number of carbonyl (C=O) groups excluding carboxylic acids is 1. The highest BCUT2D eigenvalue weighted by Gasteiger charge is 2.19. The number of aromatic nitrogens is 2. The molecule has 0 atom stereocenters. The van der Waals surface area contributed by atoms with E-state index in [2.05, 4.69) is 20.2 Å². The molecular weight excluding hydrogens is 432 g/mol. The van der Waals surface area contributed by atoms with Crippen LogP contribution in [0.1, 0.15) is 16.1 Å². The summed E-state index contributed by atoms with van der Waals surface area (Å²) in [6.45, 7) is 3.02. The molecule has 4 rings (SSSR count). The number of nitrogens with zero attached hydrogens (tertiary/aromatic N) is 3. The fraction of sp³-hybridized carbons (Fsp3) is 0.261. The molecule has 0 spiro atoms. The van der Waals surface area contributed by atoms with Gasteiger partial charge in [0.2, 0.25) is 0 Å². The van der Waals surface area contributed by atoms with Gasteiger partial charge in [-0.2, -0.15) is 0 Å². The van der Waals surface area contributed by atoms with Crippen LogP contribution < -0.4 is 15.8 Å². The van der Waals surface area contributed by atoms with E-state index >= 15 is 0 Å². The second-order valence-electron chi connectivity index (χ2n) is 7.46. The van der Waals surface area contributed by atoms with Crippen molar-refractivity contribution in [3.8, 4) is 17.1 Å². The molecule has 0 saturated carbocycles. The smallest absolute Gasteiger partial charge is 0.274 e. The number of anilines is 2. The fourth-order valence-corrected chi connectivity index (χ4v) is 3.55. The van der Waals surface area contributed by atoms with Gasteiger partial charge in [-0.1, -0.05) is 6.07 Å². The average molecular weight is 455 g/mol. The first-order valence-electron chi connectivity index (χ1n) is 10.3. The Bertz CT molecular complexity index is 1170. The molecule has 2 aromatic carbocycles. The number of hydrogen-bond acceptors (Lipinski definition) is 7. The van der Waals surface area contributed by atoms with Crippen LogP contribution in [0.5, 0.6) is 5.75 Å². The van der Waals surface area contributed by atoms with E-state index in [1.54, 1.807) is 6.07 Å². The molecule has 1 aliphatic heterocycles. The maximum Gasteiger partial charge on any atom is 0.274 e. The van der Waals surface area contributed by atoms with E-state index in [4.69, 9.17) is 15.2 Å². The standard InChI is InChI=1S/C23H23F2N5O3/c1-32-20-4-2-3-15(24)21(20)22-27-6-5-18(28-22)23(31)29-19-12-16(25)14(11-17(19)26)13-30-7-9-33-10-8-30/h2-6,11-12H,7-10,13,26H2,1H3,(H,29,31). The second kappa shape index (κ2) is 9.88. The summed E-state index contributed by atoms with van der Waals surface area (Å²) in [6, 6.07) is 8.37. The van der Waals surface area contributed by atoms with Gasteiger partial charge in [0, 0.05) is 31.4 Å². The number of morpholine rings is 1. The number of halogens is 2. The Hall–Kier alpha value is -3.63. The van der Waals surface area contributed by atoms with Crippen molar-refractivity contribution >= 4 is 17.3 Å². The predicted molar refractivity (Wildman–Crippen MR) is 119 cm³/mol. The SMILES string of the molecule is COc1cccc(F)c1-c1nccc(C(=O)Nc2cc(F)c(CN3CCOCC3)cc2N)n1. The zero-order chi connectivity index (χ0) is 23.4. The molecule has 3 N–H and O–H groups in total. The van der Waals surface area contributed by atoms with Crippen molar-refractivity contribution in [2.45, 2.75) is 6.54 Å². The molecule has 1 aromatic heterocycles. The van der Waals surface area contributed by atoms with Gasteiger partial charge in [0.1, 0.15) is 23.1 Å². The monoisotopic (exact) mass is 455 g/mol. The number of hydrogen-bond donors (Lipinski definition) is 2. The number of nitrogens with one attached hydrogen (secondary N) is 1. The fourth-order valence-electron chi connectivity index (χ4n) is 3.55. The Balaban J connectivity index is 1.54. The van der Waals surface area contributed by atoms with Crippen LogP contribution in [-0.2, 0) is 11.3 Å². The Labute approximate surface area is 189 Å². The first kappa shape index (κ1) is 22.6. The molecule has 1 aliphatic rings. The lowest BCUT2D eigenvalue weighted by Gasteiger charge is -2.27. The Morgan fingerprint density at radius 3 is 2.76 bits per heavy atom. The van der Waals surface area contributed by atoms with Crippen LogP contribution in [-0.4, -0.2) is 54.2 Å². The van der Waals surface area contributed by atoms with Crippen molar-refractivity contribution in [1.82, 2.24) is 14.9 Å². The van der Waals surface area contributed by atoms with E-state index < -0.39 is 17.5 Å². The van der Waals surface area contributed by atoms with Gasteiger partial charge in [0.15, 0.2) is 5.82 Å². The maximum absolute atomic E-state index is 14.7. The number of rotatable bonds is 6. The molecule has 3 aromatic rings. The van der Waals surface area contributed by atoms with Crippen LogP contribution in [0.25, 0.3) is 11.4 Å². The van der Waals surface area contributed by atoms with Crippen molar-refractivity contribution in [1.29, 1.82) is 0 Å². The average Bonchev–Trinajstić information content (AvgIpc) is 2.82. The lowest BCUT2D eigenvalue weighted by atomic mass is 10.1. The quantitative estimate of drug-likeness (QED) is 0.551. The molecule has 8 nitrogen and oxygen atoms in total. The molecule has 172 valence electrons. The van der Waals surface area contributed by atoms with E-state index in [0.717, 1.165) is 0 Å². The van der Waals surface area contributed by atoms with Crippen molar-refractivity contribution in [3.05, 3.63) is 65.5 Å². The number of nitrogen functional groups attached to an aromatic ring is 1. The highest BCUT2D eigenvalue weighted by Crippen LogP contribution is 2.30. The Kier molecular flexibility index (Phi) is 6.76. The normalized spacial score (nSPS) is 14.2. The molecule has 0 radical (unpaired) electrons. The van der Waals surface area contributed by atoms with Gasteiger partial charge < -0.3 is 20.5 Å². The van der Waals surface area contributed by atoms with E-state index in [-0.39, 0.29) is 34.2 Å². The van der Waals surface area contributed by atoms with Crippen LogP contribution in [0.3, 0.4) is 0 Å². The molecule has 0 bridgehead atoms. The topological polar surface area (TPSA) is 103 Å². The largest absolute Gasteiger partial charge is 0.496 e. The zero-order valence-electron chi connectivity index (χ0n) is 18.0. The summed E-state index contributed by atoms with van der Waals surface area (Å²) in [5.74, 6) is -1.49. The highest BCUT2D eigenvalue weighted by atomic mass is 19.1. The molecule has 10 heteroatoms. The van der Waals surface area contributed by atoms with Crippen LogP contribution in [0.15, 0.2) is 42.6 Å². The van der Waals surface area contributed by atoms with Crippen LogP contribution in [0.4, 0.5) is 20.2 Å². The molecule has 0 unspecified atom stereocenters. The molecule has 1 saturated heterocycles. The number of amides is 1. The Morgan fingerprint density at radius 1 is 1.21 bits per heavy atom. The highest BCUT2D eigenvalue weighted by molar-refractivity contribution is 6.04. The van der Waals surface area contributed by atoms with Gasteiger partial charge in [-0.05, 0) is 30.3 Å². The lowest BCUT2D eigenvalue weighted by Crippen LogP contribution is -2.35. The van der Waals surface area contributed by atoms with Gasteiger partial charge in [-0.3, -0.25) is 9.69 Å². The predicted octanol–water partition coefficient (Wildman–Crippen LogP) is 3.10. The molecule has 0 aliphatic carbocycles. The number of ether oxygens (including phenoxy) is 2. The third-order valence-corrected chi connectivity index (χ3v) is 5.27. The second-order valence-corrected chi connectivity index (χ2v) is 7.46. The van der Waals surface area contributed by atoms with Crippen LogP contribution >= 0.6 is 0 Å². The van der Waals surface area contributed by atoms with Gasteiger partial charge >= 0.3 is 0 Å². The summed E-state index contributed by atoms with van der Waals surface area (Å²) in [5.41, 5.74) is 6.84. The number of benzene rings is 2. The zero-order valence-corrected chi connectivity index (χ0v) is 18.0. The maximum atomic E-state index is 14.7. The summed E-state index contributed by atoms with van der Waals surface area (Å²) in [7, 11) is 1.40. The van der Waals surface area contributed by atoms with Crippen molar-refractivity contribution in [2.24, 2.45) is 0 Å². The van der Waals surface area contributed by atoms with Gasteiger partial charge in [0.25, 0.3) is 5.91 Å². The van der Waals surface area contributed by atoms with Gasteiger partial charge in [-0.25, -0.2) is 18.7 Å². The minimum Gasteiger partial charge on any atom is -0.496 e. The summed E-state index contributed by atoms with van der Waals surface area (Å²) in [6.07, 6.45) is 1.33. The first-order valence-corrected chi connectivity index (χ1v) is 10.3. The van der Waals surface area contributed by atoms with Gasteiger partial charge in [-0.15, -0.1) is 0 Å². The molecule has 1 amide bonds. The Morgan fingerprint density at radius 2 is 2.00 bits per heavy atom. The van der Waals surface area contributed by atoms with E-state index in [9.17, 15) is 13.6 Å². The van der Waals surface area contributed by atoms with Crippen LogP contribution in [0, 0.1) is 11.6 Å². The summed E-state index contributed by atoms with van der Waals surface area (Å²) < 4.78 is 39.6. The van der Waals surface area contributed by atoms with E-state index in [1.807, 2.05) is 0 Å². The van der Waals surface area contributed by atoms with Crippen molar-refractivity contribution < 1.29 is 23.0 Å². The number of methoxy groups -OCH3 is 1. The van der Waals surface area contributed by atoms with Gasteiger partial charge in [0.05, 0.1) is 37.3 Å². The van der Waals surface area contributed by atoms with Crippen molar-refractivity contribution in [2.75, 3.05) is 44.5 Å². The van der Waals surface area contributed by atoms with E-state index in [0.29, 0.717) is 38.4 Å². The van der Waals surface area contributed by atoms with E-state index in [1.165, 1.54) is 43.6 Å². The van der Waals surface area contributed by atoms with Crippen molar-refractivity contribution in [3.63, 3.8) is 0 Å². The summed E-state index contributed by atoms with van der Waals surface area (Å²) in [4.78, 5) is 23.1. The third kappa shape index (κ3) is 5.07. The molecule has 33 heavy (non-hydrogen) atoms. The minimum atomic E-state index is -0.638. The molecule has 2 heterocycles. The minimum absolute atomic E-state index is 0.0161. The molecule has 1 fully saturated rings. The summed E-state index contributed by atoms with van der Waals surface area (Å²) in [5, 5.41) is 2.57. The molecular formula is C23H23F2N5O3. The first-order chi connectivity index (χ1) is 16.0. The lowest BCUT2D eigenvalue weighted by molar-refractivity contribution is 0.0337. The van der Waals surface area contributed by atoms with Crippen LogP contribution in [0.2, 0.25) is 0 Å². The number of nitrogens with two attached hydrogens (primary N) is 1. The number of carbonyl (C=O) groups is 1. The third-order valence-electron chi connectivity index (χ3n) is 5.27.